The summed E-state index contributed by atoms with van der Waals surface area (Å²) in [5, 5.41) is 5.71. The van der Waals surface area contributed by atoms with Crippen LogP contribution in [-0.4, -0.2) is 14.2 Å². The van der Waals surface area contributed by atoms with Crippen molar-refractivity contribution in [2.45, 2.75) is 25.9 Å². The van der Waals surface area contributed by atoms with Crippen LogP contribution in [0.1, 0.15) is 29.8 Å². The van der Waals surface area contributed by atoms with Crippen LogP contribution < -0.4 is 14.8 Å². The number of benzene rings is 1. The zero-order chi connectivity index (χ0) is 14.4. The predicted octanol–water partition coefficient (Wildman–Crippen LogP) is 4.01. The molecule has 1 aromatic heterocycles. The average Bonchev–Trinajstić information content (AvgIpc) is 3.02. The molecule has 1 unspecified atom stereocenters. The summed E-state index contributed by atoms with van der Waals surface area (Å²) in [5.74, 6) is 1.54. The van der Waals surface area contributed by atoms with Crippen molar-refractivity contribution in [3.05, 3.63) is 46.2 Å². The van der Waals surface area contributed by atoms with Gasteiger partial charge >= 0.3 is 0 Å². The highest BCUT2D eigenvalue weighted by atomic mass is 32.1. The monoisotopic (exact) mass is 291 g/mol. The van der Waals surface area contributed by atoms with Gasteiger partial charge in [0.1, 0.15) is 0 Å². The molecule has 108 valence electrons. The lowest BCUT2D eigenvalue weighted by atomic mass is 10.1. The van der Waals surface area contributed by atoms with Gasteiger partial charge in [0.2, 0.25) is 0 Å². The number of thiophene rings is 1. The number of ether oxygens (including phenoxy) is 2. The molecule has 1 atom stereocenters. The Labute approximate surface area is 124 Å². The van der Waals surface area contributed by atoms with E-state index in [4.69, 9.17) is 9.47 Å². The fraction of sp³-hybridized carbons (Fsp3) is 0.375. The number of rotatable bonds is 7. The fourth-order valence-electron chi connectivity index (χ4n) is 2.17. The van der Waals surface area contributed by atoms with E-state index < -0.39 is 0 Å². The van der Waals surface area contributed by atoms with Crippen molar-refractivity contribution in [2.75, 3.05) is 14.2 Å². The molecule has 1 aromatic carbocycles. The van der Waals surface area contributed by atoms with E-state index in [9.17, 15) is 0 Å². The number of nitrogens with one attached hydrogen (secondary N) is 1. The largest absolute Gasteiger partial charge is 0.493 e. The first-order chi connectivity index (χ1) is 9.78. The summed E-state index contributed by atoms with van der Waals surface area (Å²) in [6.45, 7) is 3.02. The van der Waals surface area contributed by atoms with E-state index in [0.717, 1.165) is 24.5 Å². The Morgan fingerprint density at radius 3 is 2.55 bits per heavy atom. The molecule has 4 heteroatoms. The molecule has 2 aromatic rings. The molecule has 0 bridgehead atoms. The maximum Gasteiger partial charge on any atom is 0.161 e. The lowest BCUT2D eigenvalue weighted by molar-refractivity contribution is 0.354. The first kappa shape index (κ1) is 14.9. The van der Waals surface area contributed by atoms with E-state index in [-0.39, 0.29) is 0 Å². The molecular weight excluding hydrogens is 270 g/mol. The molecule has 3 nitrogen and oxygen atoms in total. The second-order valence-electron chi connectivity index (χ2n) is 4.55. The fourth-order valence-corrected chi connectivity index (χ4v) is 3.05. The summed E-state index contributed by atoms with van der Waals surface area (Å²) in [7, 11) is 3.31. The first-order valence-electron chi connectivity index (χ1n) is 6.76. The molecule has 0 spiro atoms. The predicted molar refractivity (Wildman–Crippen MR) is 83.7 cm³/mol. The van der Waals surface area contributed by atoms with E-state index in [1.165, 1.54) is 10.4 Å². The Balaban J connectivity index is 2.03. The van der Waals surface area contributed by atoms with Crippen molar-refractivity contribution < 1.29 is 9.47 Å². The van der Waals surface area contributed by atoms with Gasteiger partial charge in [-0.05, 0) is 35.6 Å². The molecule has 0 aliphatic rings. The molecule has 0 saturated heterocycles. The summed E-state index contributed by atoms with van der Waals surface area (Å²) in [6.07, 6.45) is 1.08. The number of methoxy groups -OCH3 is 2. The standard InChI is InChI=1S/C16H21NO2S/c1-4-13(16-6-5-9-20-16)17-11-12-7-8-14(18-2)15(10-12)19-3/h5-10,13,17H,4,11H2,1-3H3. The molecule has 1 N–H and O–H groups in total. The van der Waals surface area contributed by atoms with Gasteiger partial charge in [-0.1, -0.05) is 19.1 Å². The first-order valence-corrected chi connectivity index (χ1v) is 7.64. The minimum atomic E-state index is 0.406. The molecule has 1 heterocycles. The molecule has 0 amide bonds. The van der Waals surface area contributed by atoms with Gasteiger partial charge in [-0.2, -0.15) is 0 Å². The Hall–Kier alpha value is -1.52. The summed E-state index contributed by atoms with van der Waals surface area (Å²) in [6, 6.07) is 10.7. The van der Waals surface area contributed by atoms with E-state index in [1.54, 1.807) is 25.6 Å². The van der Waals surface area contributed by atoms with Crippen LogP contribution in [0.4, 0.5) is 0 Å². The van der Waals surface area contributed by atoms with Crippen molar-refractivity contribution in [1.29, 1.82) is 0 Å². The summed E-state index contributed by atoms with van der Waals surface area (Å²) in [4.78, 5) is 1.38. The average molecular weight is 291 g/mol. The zero-order valence-corrected chi connectivity index (χ0v) is 13.0. The summed E-state index contributed by atoms with van der Waals surface area (Å²) >= 11 is 1.80. The van der Waals surface area contributed by atoms with Gasteiger partial charge < -0.3 is 14.8 Å². The van der Waals surface area contributed by atoms with E-state index in [2.05, 4.69) is 35.8 Å². The third-order valence-corrected chi connectivity index (χ3v) is 4.28. The Morgan fingerprint density at radius 2 is 1.95 bits per heavy atom. The second-order valence-corrected chi connectivity index (χ2v) is 5.53. The minimum Gasteiger partial charge on any atom is -0.493 e. The van der Waals surface area contributed by atoms with Crippen molar-refractivity contribution in [3.63, 3.8) is 0 Å². The van der Waals surface area contributed by atoms with E-state index in [1.807, 2.05) is 12.1 Å². The highest BCUT2D eigenvalue weighted by molar-refractivity contribution is 7.10. The topological polar surface area (TPSA) is 30.5 Å². The SMILES string of the molecule is CCC(NCc1ccc(OC)c(OC)c1)c1cccs1. The maximum absolute atomic E-state index is 5.33. The van der Waals surface area contributed by atoms with Gasteiger partial charge in [-0.15, -0.1) is 11.3 Å². The van der Waals surface area contributed by atoms with Crippen LogP contribution in [0, 0.1) is 0 Å². The Morgan fingerprint density at radius 1 is 1.15 bits per heavy atom. The number of hydrogen-bond donors (Lipinski definition) is 1. The van der Waals surface area contributed by atoms with Crippen molar-refractivity contribution in [2.24, 2.45) is 0 Å². The molecule has 2 rings (SSSR count). The summed E-state index contributed by atoms with van der Waals surface area (Å²) in [5.41, 5.74) is 1.19. The van der Waals surface area contributed by atoms with Gasteiger partial charge in [0, 0.05) is 17.5 Å². The van der Waals surface area contributed by atoms with Gasteiger partial charge in [-0.3, -0.25) is 0 Å². The molecule has 0 fully saturated rings. The third kappa shape index (κ3) is 3.52. The second kappa shape index (κ2) is 7.31. The smallest absolute Gasteiger partial charge is 0.161 e. The van der Waals surface area contributed by atoms with E-state index >= 15 is 0 Å². The van der Waals surface area contributed by atoms with Gasteiger partial charge in [0.15, 0.2) is 11.5 Å². The van der Waals surface area contributed by atoms with Crippen LogP contribution in [-0.2, 0) is 6.54 Å². The lowest BCUT2D eigenvalue weighted by Gasteiger charge is -2.16. The van der Waals surface area contributed by atoms with Crippen LogP contribution >= 0.6 is 11.3 Å². The Kier molecular flexibility index (Phi) is 5.44. The minimum absolute atomic E-state index is 0.406. The highest BCUT2D eigenvalue weighted by Crippen LogP contribution is 2.28. The van der Waals surface area contributed by atoms with Crippen LogP contribution in [0.5, 0.6) is 11.5 Å². The van der Waals surface area contributed by atoms with Gasteiger partial charge in [-0.25, -0.2) is 0 Å². The molecule has 0 aliphatic heterocycles. The third-order valence-electron chi connectivity index (χ3n) is 3.30. The molecule has 20 heavy (non-hydrogen) atoms. The van der Waals surface area contributed by atoms with Crippen molar-refractivity contribution in [3.8, 4) is 11.5 Å². The van der Waals surface area contributed by atoms with Crippen LogP contribution in [0.3, 0.4) is 0 Å². The quantitative estimate of drug-likeness (QED) is 0.836. The molecule has 0 radical (unpaired) electrons. The highest BCUT2D eigenvalue weighted by Gasteiger charge is 2.10. The van der Waals surface area contributed by atoms with Crippen molar-refractivity contribution in [1.82, 2.24) is 5.32 Å². The molecule has 0 aliphatic carbocycles. The lowest BCUT2D eigenvalue weighted by Crippen LogP contribution is -2.19. The molecule has 0 saturated carbocycles. The van der Waals surface area contributed by atoms with E-state index in [0.29, 0.717) is 6.04 Å². The zero-order valence-electron chi connectivity index (χ0n) is 12.2. The number of hydrogen-bond acceptors (Lipinski definition) is 4. The van der Waals surface area contributed by atoms with Crippen LogP contribution in [0.2, 0.25) is 0 Å². The van der Waals surface area contributed by atoms with Crippen molar-refractivity contribution >= 4 is 11.3 Å². The summed E-state index contributed by atoms with van der Waals surface area (Å²) < 4.78 is 10.6. The van der Waals surface area contributed by atoms with Crippen LogP contribution in [0.25, 0.3) is 0 Å². The van der Waals surface area contributed by atoms with Gasteiger partial charge in [0.05, 0.1) is 14.2 Å². The van der Waals surface area contributed by atoms with Gasteiger partial charge in [0.25, 0.3) is 0 Å². The maximum atomic E-state index is 5.33. The Bertz CT molecular complexity index is 525. The molecular formula is C16H21NO2S. The normalized spacial score (nSPS) is 12.2. The van der Waals surface area contributed by atoms with Crippen LogP contribution in [0.15, 0.2) is 35.7 Å².